The summed E-state index contributed by atoms with van der Waals surface area (Å²) in [6.45, 7) is 1.52. The van der Waals surface area contributed by atoms with Crippen LogP contribution in [-0.4, -0.2) is 11.9 Å². The van der Waals surface area contributed by atoms with Crippen molar-refractivity contribution in [3.05, 3.63) is 0 Å². The van der Waals surface area contributed by atoms with Gasteiger partial charge in [0.05, 0.1) is 0 Å². The third kappa shape index (κ3) is 2.35. The van der Waals surface area contributed by atoms with E-state index in [-0.39, 0.29) is 5.91 Å². The minimum atomic E-state index is -0.00750. The molecule has 1 aliphatic rings. The maximum atomic E-state index is 10.4. The number of amides is 1. The van der Waals surface area contributed by atoms with Crippen LogP contribution >= 0.6 is 0 Å². The summed E-state index contributed by atoms with van der Waals surface area (Å²) in [6, 6.07) is 0.517. The van der Waals surface area contributed by atoms with Crippen LogP contribution in [0.15, 0.2) is 0 Å². The molecule has 58 valence electrons. The molecule has 1 fully saturated rings. The molecular formula is C7H14N2O. The molecule has 10 heavy (non-hydrogen) atoms. The van der Waals surface area contributed by atoms with Crippen molar-refractivity contribution < 1.29 is 4.79 Å². The highest BCUT2D eigenvalue weighted by Gasteiger charge is 2.13. The second-order valence-corrected chi connectivity index (χ2v) is 2.81. The van der Waals surface area contributed by atoms with Crippen LogP contribution in [0, 0.1) is 0 Å². The zero-order valence-electron chi connectivity index (χ0n) is 6.31. The summed E-state index contributed by atoms with van der Waals surface area (Å²) >= 11 is 0. The highest BCUT2D eigenvalue weighted by Crippen LogP contribution is 2.16. The normalized spacial score (nSPS) is 19.3. The SMILES string of the molecule is CC(=O)NNC1CCCC1. The first-order valence-electron chi connectivity index (χ1n) is 3.81. The van der Waals surface area contributed by atoms with E-state index in [2.05, 4.69) is 10.9 Å². The van der Waals surface area contributed by atoms with Gasteiger partial charge in [-0.25, -0.2) is 5.43 Å². The third-order valence-corrected chi connectivity index (χ3v) is 1.81. The van der Waals surface area contributed by atoms with Gasteiger partial charge in [0.1, 0.15) is 0 Å². The van der Waals surface area contributed by atoms with E-state index in [9.17, 15) is 4.79 Å². The Morgan fingerprint density at radius 2 is 2.00 bits per heavy atom. The average molecular weight is 142 g/mol. The molecule has 1 saturated carbocycles. The number of nitrogens with one attached hydrogen (secondary N) is 2. The molecule has 0 saturated heterocycles. The van der Waals surface area contributed by atoms with Crippen LogP contribution < -0.4 is 10.9 Å². The van der Waals surface area contributed by atoms with Crippen molar-refractivity contribution >= 4 is 5.91 Å². The highest BCUT2D eigenvalue weighted by atomic mass is 16.2. The lowest BCUT2D eigenvalue weighted by atomic mass is 10.3. The quantitative estimate of drug-likeness (QED) is 0.553. The van der Waals surface area contributed by atoms with Crippen LogP contribution in [0.2, 0.25) is 0 Å². The van der Waals surface area contributed by atoms with Crippen molar-refractivity contribution in [3.63, 3.8) is 0 Å². The van der Waals surface area contributed by atoms with Crippen molar-refractivity contribution in [1.82, 2.24) is 10.9 Å². The molecule has 0 spiro atoms. The van der Waals surface area contributed by atoms with Crippen LogP contribution in [0.3, 0.4) is 0 Å². The lowest BCUT2D eigenvalue weighted by molar-refractivity contribution is -0.120. The Bertz CT molecular complexity index is 119. The van der Waals surface area contributed by atoms with Crippen LogP contribution in [0.5, 0.6) is 0 Å². The van der Waals surface area contributed by atoms with Gasteiger partial charge in [-0.3, -0.25) is 10.2 Å². The number of hydrogen-bond donors (Lipinski definition) is 2. The molecule has 1 amide bonds. The Kier molecular flexibility index (Phi) is 2.68. The Balaban J connectivity index is 2.07. The van der Waals surface area contributed by atoms with E-state index < -0.39 is 0 Å². The van der Waals surface area contributed by atoms with Gasteiger partial charge in [-0.2, -0.15) is 0 Å². The first kappa shape index (κ1) is 7.54. The zero-order chi connectivity index (χ0) is 7.40. The minimum Gasteiger partial charge on any atom is -0.292 e. The number of carbonyl (C=O) groups excluding carboxylic acids is 1. The van der Waals surface area contributed by atoms with Crippen LogP contribution in [0.1, 0.15) is 32.6 Å². The second-order valence-electron chi connectivity index (χ2n) is 2.81. The molecular weight excluding hydrogens is 128 g/mol. The molecule has 0 aliphatic heterocycles. The summed E-state index contributed by atoms with van der Waals surface area (Å²) in [5, 5.41) is 0. The van der Waals surface area contributed by atoms with Gasteiger partial charge in [0.15, 0.2) is 0 Å². The topological polar surface area (TPSA) is 41.1 Å². The summed E-state index contributed by atoms with van der Waals surface area (Å²) in [5.74, 6) is -0.00750. The van der Waals surface area contributed by atoms with Gasteiger partial charge in [-0.05, 0) is 12.8 Å². The predicted molar refractivity (Wildman–Crippen MR) is 39.2 cm³/mol. The van der Waals surface area contributed by atoms with Gasteiger partial charge < -0.3 is 0 Å². The molecule has 0 unspecified atom stereocenters. The molecule has 1 aliphatic carbocycles. The fourth-order valence-corrected chi connectivity index (χ4v) is 1.27. The predicted octanol–water partition coefficient (Wildman–Crippen LogP) is 0.570. The van der Waals surface area contributed by atoms with E-state index >= 15 is 0 Å². The van der Waals surface area contributed by atoms with Crippen LogP contribution in [-0.2, 0) is 4.79 Å². The third-order valence-electron chi connectivity index (χ3n) is 1.81. The summed E-state index contributed by atoms with van der Waals surface area (Å²) in [5.41, 5.74) is 5.58. The average Bonchev–Trinajstić information content (AvgIpc) is 2.34. The standard InChI is InChI=1S/C7H14N2O/c1-6(10)8-9-7-4-2-3-5-7/h7,9H,2-5H2,1H3,(H,8,10). The number of hydrazine groups is 1. The van der Waals surface area contributed by atoms with Crippen LogP contribution in [0.4, 0.5) is 0 Å². The van der Waals surface area contributed by atoms with E-state index in [0.717, 1.165) is 0 Å². The highest BCUT2D eigenvalue weighted by molar-refractivity contribution is 5.72. The Labute approximate surface area is 61.2 Å². The van der Waals surface area contributed by atoms with Crippen molar-refractivity contribution in [2.24, 2.45) is 0 Å². The lowest BCUT2D eigenvalue weighted by Crippen LogP contribution is -2.41. The first-order chi connectivity index (χ1) is 4.79. The zero-order valence-corrected chi connectivity index (χ0v) is 6.31. The molecule has 2 N–H and O–H groups in total. The largest absolute Gasteiger partial charge is 0.292 e. The Morgan fingerprint density at radius 1 is 1.40 bits per heavy atom. The monoisotopic (exact) mass is 142 g/mol. The first-order valence-corrected chi connectivity index (χ1v) is 3.81. The molecule has 0 bridgehead atoms. The number of rotatable bonds is 2. The summed E-state index contributed by atoms with van der Waals surface area (Å²) in [7, 11) is 0. The molecule has 0 aromatic heterocycles. The Morgan fingerprint density at radius 3 is 2.50 bits per heavy atom. The molecule has 0 heterocycles. The second kappa shape index (κ2) is 3.56. The molecule has 0 radical (unpaired) electrons. The lowest BCUT2D eigenvalue weighted by Gasteiger charge is -2.10. The van der Waals surface area contributed by atoms with Gasteiger partial charge in [0.25, 0.3) is 0 Å². The van der Waals surface area contributed by atoms with E-state index in [0.29, 0.717) is 6.04 Å². The van der Waals surface area contributed by atoms with E-state index in [1.165, 1.54) is 32.6 Å². The van der Waals surface area contributed by atoms with Gasteiger partial charge in [-0.15, -0.1) is 0 Å². The molecule has 0 atom stereocenters. The van der Waals surface area contributed by atoms with Crippen molar-refractivity contribution in [1.29, 1.82) is 0 Å². The van der Waals surface area contributed by atoms with Crippen LogP contribution in [0.25, 0.3) is 0 Å². The fraction of sp³-hybridized carbons (Fsp3) is 0.857. The number of carbonyl (C=O) groups is 1. The molecule has 3 nitrogen and oxygen atoms in total. The summed E-state index contributed by atoms with van der Waals surface area (Å²) in [6.07, 6.45) is 4.97. The maximum Gasteiger partial charge on any atom is 0.230 e. The van der Waals surface area contributed by atoms with Gasteiger partial charge in [-0.1, -0.05) is 12.8 Å². The fourth-order valence-electron chi connectivity index (χ4n) is 1.27. The Hall–Kier alpha value is -0.570. The van der Waals surface area contributed by atoms with Crippen molar-refractivity contribution in [2.75, 3.05) is 0 Å². The van der Waals surface area contributed by atoms with Crippen molar-refractivity contribution in [2.45, 2.75) is 38.6 Å². The minimum absolute atomic E-state index is 0.00750. The molecule has 0 aromatic carbocycles. The van der Waals surface area contributed by atoms with Gasteiger partial charge in [0.2, 0.25) is 5.91 Å². The van der Waals surface area contributed by atoms with Gasteiger partial charge in [0, 0.05) is 13.0 Å². The summed E-state index contributed by atoms with van der Waals surface area (Å²) < 4.78 is 0. The number of hydrogen-bond acceptors (Lipinski definition) is 2. The van der Waals surface area contributed by atoms with E-state index in [1.54, 1.807) is 0 Å². The molecule has 1 rings (SSSR count). The molecule has 0 aromatic rings. The van der Waals surface area contributed by atoms with E-state index in [1.807, 2.05) is 0 Å². The maximum absolute atomic E-state index is 10.4. The summed E-state index contributed by atoms with van der Waals surface area (Å²) in [4.78, 5) is 10.4. The van der Waals surface area contributed by atoms with Gasteiger partial charge >= 0.3 is 0 Å². The van der Waals surface area contributed by atoms with E-state index in [4.69, 9.17) is 0 Å². The smallest absolute Gasteiger partial charge is 0.230 e. The molecule has 3 heteroatoms. The van der Waals surface area contributed by atoms with Crippen molar-refractivity contribution in [3.8, 4) is 0 Å².